The van der Waals surface area contributed by atoms with Crippen molar-refractivity contribution in [1.29, 1.82) is 0 Å². The second-order valence-corrected chi connectivity index (χ2v) is 1.90. The number of nitrogens with two attached hydrogens (primary N) is 1. The quantitative estimate of drug-likeness (QED) is 0.385. The third-order valence-electron chi connectivity index (χ3n) is 1.04. The number of hydrazine groups is 1. The van der Waals surface area contributed by atoms with E-state index in [0.717, 1.165) is 0 Å². The molecule has 0 fully saturated rings. The number of nitrogens with one attached hydrogen (secondary N) is 1. The van der Waals surface area contributed by atoms with Crippen LogP contribution in [0.5, 0.6) is 0 Å². The van der Waals surface area contributed by atoms with Gasteiger partial charge in [0.1, 0.15) is 0 Å². The molecule has 0 saturated carbocycles. The predicted molar refractivity (Wildman–Crippen MR) is 34.7 cm³/mol. The van der Waals surface area contributed by atoms with E-state index in [1.54, 1.807) is 7.05 Å². The van der Waals surface area contributed by atoms with E-state index in [0.29, 0.717) is 18.8 Å². The average Bonchev–Trinajstić information content (AvgIpc) is 2.31. The Kier molecular flexibility index (Phi) is 2.30. The first-order valence-electron chi connectivity index (χ1n) is 2.99. The lowest BCUT2D eigenvalue weighted by molar-refractivity contribution is 0.625. The number of nitrogens with zero attached hydrogens (tertiary/aromatic N) is 4. The molecule has 0 aliphatic rings. The molecule has 0 aliphatic carbocycles. The van der Waals surface area contributed by atoms with Crippen LogP contribution in [0.4, 0.5) is 0 Å². The van der Waals surface area contributed by atoms with Gasteiger partial charge in [-0.25, -0.2) is 0 Å². The summed E-state index contributed by atoms with van der Waals surface area (Å²) in [6.07, 6.45) is 0.713. The number of rotatable bonds is 3. The van der Waals surface area contributed by atoms with E-state index in [1.807, 2.05) is 0 Å². The van der Waals surface area contributed by atoms with Crippen molar-refractivity contribution in [2.75, 3.05) is 6.54 Å². The summed E-state index contributed by atoms with van der Waals surface area (Å²) >= 11 is 0. The lowest BCUT2D eigenvalue weighted by Crippen LogP contribution is -2.24. The molecule has 56 valence electrons. The van der Waals surface area contributed by atoms with Crippen LogP contribution in [0.15, 0.2) is 0 Å². The number of hydrogen-bond acceptors (Lipinski definition) is 5. The van der Waals surface area contributed by atoms with Gasteiger partial charge in [-0.2, -0.15) is 4.80 Å². The van der Waals surface area contributed by atoms with Crippen molar-refractivity contribution >= 4 is 0 Å². The van der Waals surface area contributed by atoms with E-state index in [-0.39, 0.29) is 0 Å². The molecule has 10 heavy (non-hydrogen) atoms. The summed E-state index contributed by atoms with van der Waals surface area (Å²) < 4.78 is 0. The van der Waals surface area contributed by atoms with Crippen molar-refractivity contribution < 1.29 is 0 Å². The topological polar surface area (TPSA) is 81.7 Å². The molecular formula is C4H10N6. The molecule has 0 aliphatic heterocycles. The summed E-state index contributed by atoms with van der Waals surface area (Å²) in [4.78, 5) is 1.42. The highest BCUT2D eigenvalue weighted by Gasteiger charge is 1.96. The molecule has 0 amide bonds. The van der Waals surface area contributed by atoms with Gasteiger partial charge in [-0.05, 0) is 5.21 Å². The fourth-order valence-electron chi connectivity index (χ4n) is 0.607. The summed E-state index contributed by atoms with van der Waals surface area (Å²) in [5.41, 5.74) is 2.51. The smallest absolute Gasteiger partial charge is 0.176 e. The maximum Gasteiger partial charge on any atom is 0.176 e. The number of aryl methyl sites for hydroxylation is 1. The number of aromatic nitrogens is 4. The van der Waals surface area contributed by atoms with E-state index in [9.17, 15) is 0 Å². The standard InChI is InChI=1S/C4H10N6/c1-10-8-4(7-9-10)2-3-6-5/h6H,2-3,5H2,1H3. The predicted octanol–water partition coefficient (Wildman–Crippen LogP) is -1.78. The third-order valence-corrected chi connectivity index (χ3v) is 1.04. The highest BCUT2D eigenvalue weighted by Crippen LogP contribution is 1.83. The molecule has 6 heteroatoms. The third kappa shape index (κ3) is 1.74. The Hall–Kier alpha value is -1.01. The molecule has 0 saturated heterocycles. The van der Waals surface area contributed by atoms with Gasteiger partial charge in [-0.1, -0.05) is 0 Å². The highest BCUT2D eigenvalue weighted by atomic mass is 15.6. The summed E-state index contributed by atoms with van der Waals surface area (Å²) in [6.45, 7) is 0.672. The van der Waals surface area contributed by atoms with Gasteiger partial charge in [-0.3, -0.25) is 11.3 Å². The van der Waals surface area contributed by atoms with Crippen molar-refractivity contribution in [3.8, 4) is 0 Å². The van der Waals surface area contributed by atoms with Gasteiger partial charge in [-0.15, -0.1) is 10.2 Å². The van der Waals surface area contributed by atoms with Crippen LogP contribution in [0.3, 0.4) is 0 Å². The highest BCUT2D eigenvalue weighted by molar-refractivity contribution is 4.76. The lowest BCUT2D eigenvalue weighted by atomic mass is 10.4. The van der Waals surface area contributed by atoms with Gasteiger partial charge < -0.3 is 0 Å². The van der Waals surface area contributed by atoms with Crippen LogP contribution in [0.25, 0.3) is 0 Å². The Morgan fingerprint density at radius 1 is 1.70 bits per heavy atom. The van der Waals surface area contributed by atoms with Gasteiger partial charge in [0.15, 0.2) is 5.82 Å². The van der Waals surface area contributed by atoms with Crippen molar-refractivity contribution in [3.05, 3.63) is 5.82 Å². The summed E-state index contributed by atoms with van der Waals surface area (Å²) in [6, 6.07) is 0. The largest absolute Gasteiger partial charge is 0.271 e. The molecule has 1 aromatic rings. The summed E-state index contributed by atoms with van der Waals surface area (Å²) in [5.74, 6) is 5.76. The first-order valence-corrected chi connectivity index (χ1v) is 2.99. The Labute approximate surface area is 58.4 Å². The molecule has 6 nitrogen and oxygen atoms in total. The van der Waals surface area contributed by atoms with Crippen LogP contribution in [0.2, 0.25) is 0 Å². The van der Waals surface area contributed by atoms with Gasteiger partial charge >= 0.3 is 0 Å². The molecule has 1 rings (SSSR count). The van der Waals surface area contributed by atoms with Gasteiger partial charge in [0, 0.05) is 13.0 Å². The van der Waals surface area contributed by atoms with Crippen molar-refractivity contribution in [3.63, 3.8) is 0 Å². The maximum atomic E-state index is 5.05. The molecule has 3 N–H and O–H groups in total. The van der Waals surface area contributed by atoms with Gasteiger partial charge in [0.05, 0.1) is 7.05 Å². The fraction of sp³-hybridized carbons (Fsp3) is 0.750. The van der Waals surface area contributed by atoms with Crippen molar-refractivity contribution in [1.82, 2.24) is 25.6 Å². The van der Waals surface area contributed by atoms with Gasteiger partial charge in [0.2, 0.25) is 0 Å². The van der Waals surface area contributed by atoms with Crippen LogP contribution in [-0.2, 0) is 13.5 Å². The first-order chi connectivity index (χ1) is 4.83. The molecule has 0 spiro atoms. The van der Waals surface area contributed by atoms with Gasteiger partial charge in [0.25, 0.3) is 0 Å². The Balaban J connectivity index is 2.42. The minimum atomic E-state index is 0.672. The minimum absolute atomic E-state index is 0.672. The zero-order valence-corrected chi connectivity index (χ0v) is 5.78. The van der Waals surface area contributed by atoms with E-state index < -0.39 is 0 Å². The normalized spacial score (nSPS) is 10.2. The number of hydrogen-bond donors (Lipinski definition) is 2. The van der Waals surface area contributed by atoms with Crippen LogP contribution in [-0.4, -0.2) is 26.8 Å². The van der Waals surface area contributed by atoms with E-state index in [4.69, 9.17) is 5.84 Å². The molecule has 0 bridgehead atoms. The monoisotopic (exact) mass is 142 g/mol. The van der Waals surface area contributed by atoms with E-state index in [2.05, 4.69) is 20.8 Å². The maximum absolute atomic E-state index is 5.05. The zero-order chi connectivity index (χ0) is 7.40. The first kappa shape index (κ1) is 7.10. The summed E-state index contributed by atoms with van der Waals surface area (Å²) in [7, 11) is 1.73. The second kappa shape index (κ2) is 3.23. The molecular weight excluding hydrogens is 132 g/mol. The van der Waals surface area contributed by atoms with E-state index >= 15 is 0 Å². The zero-order valence-electron chi connectivity index (χ0n) is 5.78. The second-order valence-electron chi connectivity index (χ2n) is 1.90. The fourth-order valence-corrected chi connectivity index (χ4v) is 0.607. The molecule has 1 aromatic heterocycles. The average molecular weight is 142 g/mol. The molecule has 1 heterocycles. The molecule has 0 unspecified atom stereocenters. The Morgan fingerprint density at radius 2 is 2.50 bits per heavy atom. The molecule has 0 radical (unpaired) electrons. The molecule has 0 atom stereocenters. The molecule has 0 aromatic carbocycles. The van der Waals surface area contributed by atoms with Crippen molar-refractivity contribution in [2.45, 2.75) is 6.42 Å². The summed E-state index contributed by atoms with van der Waals surface area (Å²) in [5, 5.41) is 11.4. The van der Waals surface area contributed by atoms with Crippen LogP contribution >= 0.6 is 0 Å². The lowest BCUT2D eigenvalue weighted by Gasteiger charge is -1.90. The number of tetrazole rings is 1. The minimum Gasteiger partial charge on any atom is -0.271 e. The van der Waals surface area contributed by atoms with Crippen LogP contribution in [0.1, 0.15) is 5.82 Å². The van der Waals surface area contributed by atoms with Crippen LogP contribution in [0, 0.1) is 0 Å². The van der Waals surface area contributed by atoms with Crippen LogP contribution < -0.4 is 11.3 Å². The van der Waals surface area contributed by atoms with E-state index in [1.165, 1.54) is 4.80 Å². The van der Waals surface area contributed by atoms with Crippen molar-refractivity contribution in [2.24, 2.45) is 12.9 Å². The Morgan fingerprint density at radius 3 is 3.00 bits per heavy atom. The Bertz CT molecular complexity index is 193. The SMILES string of the molecule is Cn1nnc(CCNN)n1.